The number of carboxylic acids is 1. The van der Waals surface area contributed by atoms with Crippen LogP contribution in [-0.2, 0) is 4.79 Å². The number of carbonyl (C=O) groups excluding carboxylic acids is 1. The highest BCUT2D eigenvalue weighted by Gasteiger charge is 2.26. The minimum Gasteiger partial charge on any atom is -0.497 e. The first-order valence-electron chi connectivity index (χ1n) is 6.27. The van der Waals surface area contributed by atoms with Crippen LogP contribution in [0.25, 0.3) is 0 Å². The standard InChI is InChI=1S/C14H18BrNO4/c1-4-8(2)12(14(18)19)16-13(17)10-7-9(20-3)5-6-11(10)15/h5-8,12H,4H2,1-3H3,(H,16,17)(H,18,19)/t8-,12-/m0/s1. The summed E-state index contributed by atoms with van der Waals surface area (Å²) in [5.41, 5.74) is 0.346. The minimum absolute atomic E-state index is 0.152. The monoisotopic (exact) mass is 343 g/mol. The Bertz CT molecular complexity index is 504. The Morgan fingerprint density at radius 3 is 2.60 bits per heavy atom. The zero-order chi connectivity index (χ0) is 15.3. The Morgan fingerprint density at radius 2 is 2.10 bits per heavy atom. The summed E-state index contributed by atoms with van der Waals surface area (Å²) in [6.07, 6.45) is 0.663. The van der Waals surface area contributed by atoms with Crippen molar-refractivity contribution in [3.05, 3.63) is 28.2 Å². The van der Waals surface area contributed by atoms with Crippen molar-refractivity contribution in [3.8, 4) is 5.75 Å². The first kappa shape index (κ1) is 16.5. The van der Waals surface area contributed by atoms with Gasteiger partial charge in [-0.15, -0.1) is 0 Å². The van der Waals surface area contributed by atoms with Crippen LogP contribution >= 0.6 is 15.9 Å². The number of methoxy groups -OCH3 is 1. The molecule has 1 amide bonds. The number of amides is 1. The lowest BCUT2D eigenvalue weighted by atomic mass is 9.99. The number of halogens is 1. The molecule has 0 aliphatic heterocycles. The summed E-state index contributed by atoms with van der Waals surface area (Å²) in [4.78, 5) is 23.4. The second-order valence-corrected chi connectivity index (χ2v) is 5.38. The van der Waals surface area contributed by atoms with E-state index in [9.17, 15) is 14.7 Å². The lowest BCUT2D eigenvalue weighted by Crippen LogP contribution is -2.45. The van der Waals surface area contributed by atoms with Gasteiger partial charge in [0.2, 0.25) is 0 Å². The second-order valence-electron chi connectivity index (χ2n) is 4.52. The van der Waals surface area contributed by atoms with Gasteiger partial charge in [0.15, 0.2) is 0 Å². The van der Waals surface area contributed by atoms with Gasteiger partial charge in [-0.05, 0) is 40.0 Å². The average Bonchev–Trinajstić information content (AvgIpc) is 2.43. The lowest BCUT2D eigenvalue weighted by molar-refractivity contribution is -0.140. The van der Waals surface area contributed by atoms with E-state index >= 15 is 0 Å². The van der Waals surface area contributed by atoms with E-state index in [0.29, 0.717) is 22.2 Å². The van der Waals surface area contributed by atoms with Crippen LogP contribution in [-0.4, -0.2) is 30.1 Å². The fraction of sp³-hybridized carbons (Fsp3) is 0.429. The van der Waals surface area contributed by atoms with E-state index in [2.05, 4.69) is 21.2 Å². The number of hydrogen-bond donors (Lipinski definition) is 2. The van der Waals surface area contributed by atoms with Crippen molar-refractivity contribution >= 4 is 27.8 Å². The van der Waals surface area contributed by atoms with Crippen molar-refractivity contribution in [1.29, 1.82) is 0 Å². The molecule has 0 heterocycles. The maximum absolute atomic E-state index is 12.2. The molecule has 0 aliphatic rings. The first-order valence-corrected chi connectivity index (χ1v) is 7.07. The topological polar surface area (TPSA) is 75.6 Å². The molecule has 0 radical (unpaired) electrons. The predicted molar refractivity (Wildman–Crippen MR) is 79.0 cm³/mol. The third kappa shape index (κ3) is 3.96. The lowest BCUT2D eigenvalue weighted by Gasteiger charge is -2.20. The van der Waals surface area contributed by atoms with Gasteiger partial charge < -0.3 is 15.2 Å². The fourth-order valence-corrected chi connectivity index (χ4v) is 2.13. The molecule has 0 bridgehead atoms. The zero-order valence-electron chi connectivity index (χ0n) is 11.6. The van der Waals surface area contributed by atoms with Gasteiger partial charge in [-0.1, -0.05) is 20.3 Å². The molecule has 0 saturated heterocycles. The van der Waals surface area contributed by atoms with E-state index in [0.717, 1.165) is 0 Å². The number of carbonyl (C=O) groups is 2. The molecule has 0 spiro atoms. The molecule has 0 aliphatic carbocycles. The zero-order valence-corrected chi connectivity index (χ0v) is 13.2. The number of nitrogens with one attached hydrogen (secondary N) is 1. The Hall–Kier alpha value is -1.56. The summed E-state index contributed by atoms with van der Waals surface area (Å²) in [7, 11) is 1.50. The number of carboxylic acid groups (broad SMARTS) is 1. The average molecular weight is 344 g/mol. The van der Waals surface area contributed by atoms with E-state index in [1.807, 2.05) is 6.92 Å². The van der Waals surface area contributed by atoms with E-state index < -0.39 is 17.9 Å². The normalized spacial score (nSPS) is 13.4. The van der Waals surface area contributed by atoms with Gasteiger partial charge in [0, 0.05) is 4.47 Å². The molecule has 2 atom stereocenters. The summed E-state index contributed by atoms with van der Waals surface area (Å²) in [6, 6.07) is 4.05. The van der Waals surface area contributed by atoms with Crippen LogP contribution in [0, 0.1) is 5.92 Å². The van der Waals surface area contributed by atoms with Gasteiger partial charge in [-0.25, -0.2) is 4.79 Å². The Morgan fingerprint density at radius 1 is 1.45 bits per heavy atom. The van der Waals surface area contributed by atoms with Gasteiger partial charge in [0.1, 0.15) is 11.8 Å². The van der Waals surface area contributed by atoms with Crippen LogP contribution in [0.15, 0.2) is 22.7 Å². The molecule has 1 aromatic rings. The summed E-state index contributed by atoms with van der Waals surface area (Å²) in [5.74, 6) is -1.09. The molecule has 2 N–H and O–H groups in total. The molecular weight excluding hydrogens is 326 g/mol. The summed E-state index contributed by atoms with van der Waals surface area (Å²) >= 11 is 3.28. The van der Waals surface area contributed by atoms with Crippen LogP contribution < -0.4 is 10.1 Å². The number of ether oxygens (including phenoxy) is 1. The molecule has 0 fully saturated rings. The molecule has 110 valence electrons. The first-order chi connectivity index (χ1) is 9.40. The van der Waals surface area contributed by atoms with Crippen molar-refractivity contribution < 1.29 is 19.4 Å². The quantitative estimate of drug-likeness (QED) is 0.832. The molecule has 20 heavy (non-hydrogen) atoms. The predicted octanol–water partition coefficient (Wildman–Crippen LogP) is 2.69. The van der Waals surface area contributed by atoms with Gasteiger partial charge in [-0.3, -0.25) is 4.79 Å². The molecule has 6 heteroatoms. The van der Waals surface area contributed by atoms with Crippen molar-refractivity contribution in [2.75, 3.05) is 7.11 Å². The number of rotatable bonds is 6. The highest BCUT2D eigenvalue weighted by Crippen LogP contribution is 2.23. The summed E-state index contributed by atoms with van der Waals surface area (Å²) in [5, 5.41) is 11.7. The van der Waals surface area contributed by atoms with Crippen LogP contribution in [0.1, 0.15) is 30.6 Å². The van der Waals surface area contributed by atoms with Crippen LogP contribution in [0.5, 0.6) is 5.75 Å². The Labute approximate surface area is 126 Å². The van der Waals surface area contributed by atoms with Crippen molar-refractivity contribution in [3.63, 3.8) is 0 Å². The minimum atomic E-state index is -1.04. The highest BCUT2D eigenvalue weighted by molar-refractivity contribution is 9.10. The van der Waals surface area contributed by atoms with Crippen LogP contribution in [0.3, 0.4) is 0 Å². The van der Waals surface area contributed by atoms with Crippen LogP contribution in [0.2, 0.25) is 0 Å². The van der Waals surface area contributed by atoms with E-state index in [1.54, 1.807) is 25.1 Å². The Kier molecular flexibility index (Phi) is 6.01. The van der Waals surface area contributed by atoms with Gasteiger partial charge in [0.05, 0.1) is 12.7 Å². The van der Waals surface area contributed by atoms with Gasteiger partial charge >= 0.3 is 5.97 Å². The van der Waals surface area contributed by atoms with Gasteiger partial charge in [-0.2, -0.15) is 0 Å². The number of aliphatic carboxylic acids is 1. The van der Waals surface area contributed by atoms with E-state index in [-0.39, 0.29) is 5.92 Å². The molecule has 0 aromatic heterocycles. The summed E-state index contributed by atoms with van der Waals surface area (Å²) in [6.45, 7) is 3.67. The molecular formula is C14H18BrNO4. The second kappa shape index (κ2) is 7.28. The molecule has 0 saturated carbocycles. The van der Waals surface area contributed by atoms with Crippen LogP contribution in [0.4, 0.5) is 0 Å². The van der Waals surface area contributed by atoms with Gasteiger partial charge in [0.25, 0.3) is 5.91 Å². The van der Waals surface area contributed by atoms with E-state index in [1.165, 1.54) is 7.11 Å². The maximum Gasteiger partial charge on any atom is 0.326 e. The van der Waals surface area contributed by atoms with Crippen molar-refractivity contribution in [2.24, 2.45) is 5.92 Å². The third-order valence-corrected chi connectivity index (χ3v) is 3.88. The molecule has 5 nitrogen and oxygen atoms in total. The molecule has 1 aromatic carbocycles. The van der Waals surface area contributed by atoms with Crippen molar-refractivity contribution in [2.45, 2.75) is 26.3 Å². The van der Waals surface area contributed by atoms with Crippen molar-refractivity contribution in [1.82, 2.24) is 5.32 Å². The largest absolute Gasteiger partial charge is 0.497 e. The number of hydrogen-bond acceptors (Lipinski definition) is 3. The third-order valence-electron chi connectivity index (χ3n) is 3.18. The maximum atomic E-state index is 12.2. The Balaban J connectivity index is 2.97. The molecule has 1 rings (SSSR count). The highest BCUT2D eigenvalue weighted by atomic mass is 79.9. The van der Waals surface area contributed by atoms with E-state index in [4.69, 9.17) is 4.74 Å². The smallest absolute Gasteiger partial charge is 0.326 e. The SMILES string of the molecule is CC[C@H](C)[C@H](NC(=O)c1cc(OC)ccc1Br)C(=O)O. The summed E-state index contributed by atoms with van der Waals surface area (Å²) < 4.78 is 5.65. The molecule has 0 unspecified atom stereocenters. The number of benzene rings is 1. The fourth-order valence-electron chi connectivity index (χ4n) is 1.71.